The standard InChI is InChI=1S/C12H18N2O4/c1-2-5-13(8-3-4-8)12(18)14-7-9(15)6-10(14)11(16)17/h2,8-10,15H,1,3-7H2,(H,16,17)/t9-,10-/m1/s1. The lowest BCUT2D eigenvalue weighted by atomic mass is 10.2. The summed E-state index contributed by atoms with van der Waals surface area (Å²) in [7, 11) is 0. The van der Waals surface area contributed by atoms with Crippen LogP contribution >= 0.6 is 0 Å². The fourth-order valence-electron chi connectivity index (χ4n) is 2.33. The highest BCUT2D eigenvalue weighted by molar-refractivity contribution is 5.84. The number of urea groups is 1. The van der Waals surface area contributed by atoms with Gasteiger partial charge in [0.2, 0.25) is 0 Å². The molecule has 2 atom stereocenters. The molecule has 2 N–H and O–H groups in total. The van der Waals surface area contributed by atoms with Crippen molar-refractivity contribution in [1.82, 2.24) is 9.80 Å². The number of aliphatic hydroxyl groups is 1. The van der Waals surface area contributed by atoms with Gasteiger partial charge in [-0.15, -0.1) is 6.58 Å². The van der Waals surface area contributed by atoms with Crippen LogP contribution in [0.25, 0.3) is 0 Å². The third-order valence-electron chi connectivity index (χ3n) is 3.37. The molecule has 2 amide bonds. The van der Waals surface area contributed by atoms with Gasteiger partial charge in [-0.1, -0.05) is 6.08 Å². The molecule has 100 valence electrons. The smallest absolute Gasteiger partial charge is 0.326 e. The molecule has 2 aliphatic rings. The summed E-state index contributed by atoms with van der Waals surface area (Å²) in [5.41, 5.74) is 0. The van der Waals surface area contributed by atoms with Crippen LogP contribution in [0.2, 0.25) is 0 Å². The van der Waals surface area contributed by atoms with Crippen LogP contribution in [0, 0.1) is 0 Å². The number of carboxylic acids is 1. The Kier molecular flexibility index (Phi) is 3.56. The van der Waals surface area contributed by atoms with Crippen LogP contribution in [-0.2, 0) is 4.79 Å². The summed E-state index contributed by atoms with van der Waals surface area (Å²) < 4.78 is 0. The van der Waals surface area contributed by atoms with Gasteiger partial charge >= 0.3 is 12.0 Å². The number of aliphatic carboxylic acids is 1. The minimum atomic E-state index is -1.06. The molecular weight excluding hydrogens is 236 g/mol. The normalized spacial score (nSPS) is 27.1. The Morgan fingerprint density at radius 3 is 2.61 bits per heavy atom. The Balaban J connectivity index is 2.10. The van der Waals surface area contributed by atoms with Crippen LogP contribution in [0.15, 0.2) is 12.7 Å². The molecule has 1 aliphatic carbocycles. The third kappa shape index (κ3) is 2.48. The van der Waals surface area contributed by atoms with Gasteiger partial charge < -0.3 is 20.0 Å². The third-order valence-corrected chi connectivity index (χ3v) is 3.37. The highest BCUT2D eigenvalue weighted by Gasteiger charge is 2.43. The second kappa shape index (κ2) is 4.97. The van der Waals surface area contributed by atoms with Crippen LogP contribution in [-0.4, -0.2) is 63.3 Å². The molecule has 18 heavy (non-hydrogen) atoms. The van der Waals surface area contributed by atoms with Crippen molar-refractivity contribution in [2.24, 2.45) is 0 Å². The fourth-order valence-corrected chi connectivity index (χ4v) is 2.33. The first kappa shape index (κ1) is 12.9. The van der Waals surface area contributed by atoms with E-state index in [9.17, 15) is 14.7 Å². The second-order valence-electron chi connectivity index (χ2n) is 4.85. The van der Waals surface area contributed by atoms with Gasteiger partial charge in [0, 0.05) is 25.6 Å². The van der Waals surface area contributed by atoms with Gasteiger partial charge in [0.1, 0.15) is 6.04 Å². The Morgan fingerprint density at radius 1 is 1.44 bits per heavy atom. The molecule has 0 aromatic rings. The van der Waals surface area contributed by atoms with Crippen LogP contribution < -0.4 is 0 Å². The molecule has 1 saturated carbocycles. The lowest BCUT2D eigenvalue weighted by Crippen LogP contribution is -2.49. The summed E-state index contributed by atoms with van der Waals surface area (Å²) in [6, 6.07) is -1.03. The molecule has 0 unspecified atom stereocenters. The van der Waals surface area contributed by atoms with Crippen molar-refractivity contribution in [3.63, 3.8) is 0 Å². The van der Waals surface area contributed by atoms with E-state index in [1.165, 1.54) is 4.90 Å². The summed E-state index contributed by atoms with van der Waals surface area (Å²) in [6.07, 6.45) is 2.90. The number of carboxylic acid groups (broad SMARTS) is 1. The maximum atomic E-state index is 12.3. The van der Waals surface area contributed by atoms with Crippen molar-refractivity contribution in [3.05, 3.63) is 12.7 Å². The number of hydrogen-bond donors (Lipinski definition) is 2. The topological polar surface area (TPSA) is 81.1 Å². The molecule has 0 spiro atoms. The maximum absolute atomic E-state index is 12.3. The SMILES string of the molecule is C=CCN(C(=O)N1C[C@H](O)C[C@@H]1C(=O)O)C1CC1. The van der Waals surface area contributed by atoms with Gasteiger partial charge in [-0.05, 0) is 12.8 Å². The Bertz CT molecular complexity index is 367. The number of aliphatic hydroxyl groups excluding tert-OH is 1. The van der Waals surface area contributed by atoms with Crippen LogP contribution in [0.1, 0.15) is 19.3 Å². The van der Waals surface area contributed by atoms with E-state index < -0.39 is 18.1 Å². The maximum Gasteiger partial charge on any atom is 0.326 e. The lowest BCUT2D eigenvalue weighted by molar-refractivity contribution is -0.141. The van der Waals surface area contributed by atoms with Crippen molar-refractivity contribution in [2.75, 3.05) is 13.1 Å². The Hall–Kier alpha value is -1.56. The number of rotatable bonds is 4. The molecule has 1 saturated heterocycles. The fraction of sp³-hybridized carbons (Fsp3) is 0.667. The van der Waals surface area contributed by atoms with E-state index in [2.05, 4.69) is 6.58 Å². The summed E-state index contributed by atoms with van der Waals surface area (Å²) in [6.45, 7) is 4.12. The van der Waals surface area contributed by atoms with Crippen LogP contribution in [0.5, 0.6) is 0 Å². The first-order valence-electron chi connectivity index (χ1n) is 6.13. The van der Waals surface area contributed by atoms with Gasteiger partial charge in [0.05, 0.1) is 6.10 Å². The zero-order chi connectivity index (χ0) is 13.3. The average Bonchev–Trinajstić information content (AvgIpc) is 3.07. The van der Waals surface area contributed by atoms with Crippen molar-refractivity contribution in [3.8, 4) is 0 Å². The predicted molar refractivity (Wildman–Crippen MR) is 64.1 cm³/mol. The first-order chi connectivity index (χ1) is 8.54. The molecule has 0 aromatic carbocycles. The van der Waals surface area contributed by atoms with E-state index >= 15 is 0 Å². The van der Waals surface area contributed by atoms with Crippen molar-refractivity contribution in [1.29, 1.82) is 0 Å². The van der Waals surface area contributed by atoms with E-state index in [1.807, 2.05) is 0 Å². The van der Waals surface area contributed by atoms with Crippen molar-refractivity contribution >= 4 is 12.0 Å². The summed E-state index contributed by atoms with van der Waals surface area (Å²) >= 11 is 0. The quantitative estimate of drug-likeness (QED) is 0.706. The number of likely N-dealkylation sites (tertiary alicyclic amines) is 1. The Morgan fingerprint density at radius 2 is 2.11 bits per heavy atom. The number of hydrogen-bond acceptors (Lipinski definition) is 3. The molecule has 1 aliphatic heterocycles. The number of β-amino-alcohol motifs (C(OH)–C–C–N with tert-alkyl or cyclic N) is 1. The van der Waals surface area contributed by atoms with Gasteiger partial charge in [-0.2, -0.15) is 0 Å². The molecule has 0 bridgehead atoms. The highest BCUT2D eigenvalue weighted by Crippen LogP contribution is 2.29. The average molecular weight is 254 g/mol. The van der Waals surface area contributed by atoms with Crippen LogP contribution in [0.3, 0.4) is 0 Å². The first-order valence-corrected chi connectivity index (χ1v) is 6.13. The zero-order valence-corrected chi connectivity index (χ0v) is 10.2. The highest BCUT2D eigenvalue weighted by atomic mass is 16.4. The van der Waals surface area contributed by atoms with Crippen molar-refractivity contribution < 1.29 is 19.8 Å². The van der Waals surface area contributed by atoms with E-state index in [0.717, 1.165) is 12.8 Å². The minimum Gasteiger partial charge on any atom is -0.480 e. The second-order valence-corrected chi connectivity index (χ2v) is 4.85. The molecule has 2 fully saturated rings. The lowest BCUT2D eigenvalue weighted by Gasteiger charge is -2.29. The largest absolute Gasteiger partial charge is 0.480 e. The van der Waals surface area contributed by atoms with Crippen LogP contribution in [0.4, 0.5) is 4.79 Å². The van der Waals surface area contributed by atoms with Crippen molar-refractivity contribution in [2.45, 2.75) is 37.5 Å². The van der Waals surface area contributed by atoms with E-state index in [4.69, 9.17) is 5.11 Å². The van der Waals surface area contributed by atoms with Gasteiger partial charge in [-0.3, -0.25) is 0 Å². The summed E-state index contributed by atoms with van der Waals surface area (Å²) in [4.78, 5) is 26.3. The number of carbonyl (C=O) groups excluding carboxylic acids is 1. The molecule has 1 heterocycles. The molecule has 2 rings (SSSR count). The minimum absolute atomic E-state index is 0.0934. The molecule has 0 aromatic heterocycles. The van der Waals surface area contributed by atoms with Gasteiger partial charge in [-0.25, -0.2) is 9.59 Å². The molecule has 6 nitrogen and oxygen atoms in total. The zero-order valence-electron chi connectivity index (χ0n) is 10.2. The van der Waals surface area contributed by atoms with Gasteiger partial charge in [0.15, 0.2) is 0 Å². The summed E-state index contributed by atoms with van der Waals surface area (Å²) in [5, 5.41) is 18.6. The van der Waals surface area contributed by atoms with E-state index in [1.54, 1.807) is 11.0 Å². The molecular formula is C12H18N2O4. The van der Waals surface area contributed by atoms with Gasteiger partial charge in [0.25, 0.3) is 0 Å². The molecule has 0 radical (unpaired) electrons. The molecule has 6 heteroatoms. The van der Waals surface area contributed by atoms with E-state index in [0.29, 0.717) is 6.54 Å². The number of carbonyl (C=O) groups is 2. The summed E-state index contributed by atoms with van der Waals surface area (Å²) in [5.74, 6) is -1.06. The Labute approximate surface area is 105 Å². The monoisotopic (exact) mass is 254 g/mol. The predicted octanol–water partition coefficient (Wildman–Crippen LogP) is 0.277. The van der Waals surface area contributed by atoms with E-state index in [-0.39, 0.29) is 25.0 Å². The number of nitrogens with zero attached hydrogens (tertiary/aromatic N) is 2. The number of amides is 2.